The topological polar surface area (TPSA) is 96.0 Å². The number of hydrogen-bond donors (Lipinski definition) is 0. The van der Waals surface area contributed by atoms with Gasteiger partial charge in [-0.3, -0.25) is 4.79 Å². The summed E-state index contributed by atoms with van der Waals surface area (Å²) >= 11 is 0. The number of carbonyl (C=O) groups is 1. The average Bonchev–Trinajstić information content (AvgIpc) is 3.56. The van der Waals surface area contributed by atoms with E-state index in [-0.39, 0.29) is 18.2 Å². The smallest absolute Gasteiger partial charge is 0.257 e. The van der Waals surface area contributed by atoms with E-state index in [4.69, 9.17) is 9.47 Å². The van der Waals surface area contributed by atoms with Crippen LogP contribution in [-0.2, 0) is 9.53 Å². The summed E-state index contributed by atoms with van der Waals surface area (Å²) in [4.78, 5) is 22.1. The van der Waals surface area contributed by atoms with E-state index in [9.17, 15) is 10.1 Å². The lowest BCUT2D eigenvalue weighted by molar-refractivity contribution is -0.140. The SMILES string of the molecule is COc1cccc([C@@H]2CC[C@H]3OC4(CCN(c5ccc(C#N)c6ncnn56)CC4)C(=O)N32)c1. The summed E-state index contributed by atoms with van der Waals surface area (Å²) in [5.41, 5.74) is 1.36. The average molecular weight is 444 g/mol. The van der Waals surface area contributed by atoms with Crippen molar-refractivity contribution in [2.45, 2.75) is 43.6 Å². The van der Waals surface area contributed by atoms with Crippen molar-refractivity contribution in [3.05, 3.63) is 53.9 Å². The number of piperidine rings is 1. The van der Waals surface area contributed by atoms with Crippen molar-refractivity contribution in [2.24, 2.45) is 0 Å². The number of ether oxygens (including phenoxy) is 2. The summed E-state index contributed by atoms with van der Waals surface area (Å²) in [7, 11) is 1.66. The normalized spacial score (nSPS) is 23.8. The van der Waals surface area contributed by atoms with Gasteiger partial charge in [0.1, 0.15) is 30.2 Å². The van der Waals surface area contributed by atoms with E-state index in [0.717, 1.165) is 30.0 Å². The van der Waals surface area contributed by atoms with Crippen LogP contribution in [0.2, 0.25) is 0 Å². The van der Waals surface area contributed by atoms with Gasteiger partial charge in [-0.2, -0.15) is 14.9 Å². The first-order valence-electron chi connectivity index (χ1n) is 11.3. The number of amides is 1. The second-order valence-corrected chi connectivity index (χ2v) is 8.85. The number of pyridine rings is 1. The zero-order valence-corrected chi connectivity index (χ0v) is 18.3. The van der Waals surface area contributed by atoms with Crippen LogP contribution in [0.15, 0.2) is 42.7 Å². The van der Waals surface area contributed by atoms with Gasteiger partial charge in [0, 0.05) is 25.9 Å². The first-order chi connectivity index (χ1) is 16.1. The van der Waals surface area contributed by atoms with Gasteiger partial charge in [0.05, 0.1) is 18.7 Å². The van der Waals surface area contributed by atoms with Crippen LogP contribution in [0.25, 0.3) is 5.65 Å². The van der Waals surface area contributed by atoms with Crippen LogP contribution in [0.1, 0.15) is 42.9 Å². The molecule has 0 saturated carbocycles. The van der Waals surface area contributed by atoms with E-state index in [1.807, 2.05) is 29.2 Å². The molecule has 168 valence electrons. The molecule has 1 spiro atoms. The number of carbonyl (C=O) groups excluding carboxylic acids is 1. The third-order valence-electron chi connectivity index (χ3n) is 7.22. The highest BCUT2D eigenvalue weighted by molar-refractivity contribution is 5.88. The number of rotatable bonds is 3. The van der Waals surface area contributed by atoms with E-state index in [1.54, 1.807) is 17.7 Å². The molecular weight excluding hydrogens is 420 g/mol. The number of nitrogens with zero attached hydrogens (tertiary/aromatic N) is 6. The van der Waals surface area contributed by atoms with Gasteiger partial charge in [0.25, 0.3) is 5.91 Å². The van der Waals surface area contributed by atoms with Crippen LogP contribution in [0.4, 0.5) is 5.82 Å². The molecule has 3 saturated heterocycles. The van der Waals surface area contributed by atoms with Crippen molar-refractivity contribution in [3.63, 3.8) is 0 Å². The van der Waals surface area contributed by atoms with Crippen molar-refractivity contribution in [2.75, 3.05) is 25.1 Å². The van der Waals surface area contributed by atoms with Gasteiger partial charge in [-0.05, 0) is 42.7 Å². The number of aromatic nitrogens is 3. The summed E-state index contributed by atoms with van der Waals surface area (Å²) in [5, 5.41) is 13.6. The fourth-order valence-corrected chi connectivity index (χ4v) is 5.54. The molecule has 6 rings (SSSR count). The van der Waals surface area contributed by atoms with E-state index in [1.165, 1.54) is 6.33 Å². The predicted octanol–water partition coefficient (Wildman–Crippen LogP) is 2.67. The summed E-state index contributed by atoms with van der Waals surface area (Å²) in [6, 6.07) is 13.8. The maximum absolute atomic E-state index is 13.7. The van der Waals surface area contributed by atoms with Gasteiger partial charge in [0.2, 0.25) is 0 Å². The van der Waals surface area contributed by atoms with Crippen molar-refractivity contribution in [3.8, 4) is 11.8 Å². The van der Waals surface area contributed by atoms with Crippen LogP contribution in [0, 0.1) is 11.3 Å². The minimum Gasteiger partial charge on any atom is -0.497 e. The largest absolute Gasteiger partial charge is 0.497 e. The molecule has 1 aromatic carbocycles. The Balaban J connectivity index is 1.23. The maximum atomic E-state index is 13.7. The van der Waals surface area contributed by atoms with Gasteiger partial charge in [-0.25, -0.2) is 4.98 Å². The van der Waals surface area contributed by atoms with Crippen LogP contribution in [-0.4, -0.2) is 57.4 Å². The molecular formula is C24H24N6O3. The number of fused-ring (bicyclic) bond motifs is 2. The fraction of sp³-hybridized carbons (Fsp3) is 0.417. The molecule has 0 aliphatic carbocycles. The lowest BCUT2D eigenvalue weighted by Crippen LogP contribution is -2.50. The minimum atomic E-state index is -0.771. The molecule has 1 amide bonds. The summed E-state index contributed by atoms with van der Waals surface area (Å²) in [5.74, 6) is 1.77. The van der Waals surface area contributed by atoms with Gasteiger partial charge in [-0.15, -0.1) is 0 Å². The Morgan fingerprint density at radius 1 is 1.21 bits per heavy atom. The van der Waals surface area contributed by atoms with E-state index in [0.29, 0.717) is 37.1 Å². The number of hydrogen-bond acceptors (Lipinski definition) is 7. The second-order valence-electron chi connectivity index (χ2n) is 8.85. The Hall–Kier alpha value is -3.64. The molecule has 9 nitrogen and oxygen atoms in total. The summed E-state index contributed by atoms with van der Waals surface area (Å²) in [6.07, 6.45) is 4.24. The zero-order chi connectivity index (χ0) is 22.6. The number of benzene rings is 1. The van der Waals surface area contributed by atoms with Crippen LogP contribution in [0.5, 0.6) is 5.75 Å². The standard InChI is InChI=1S/C24H24N6O3/c1-32-18-4-2-3-16(13-18)19-6-8-21-29(19)23(31)24(33-21)9-11-28(12-10-24)20-7-5-17(14-25)22-26-15-27-30(20)22/h2-5,7,13,15,19,21H,6,8-12H2,1H3/t19-,21+/m0/s1. The van der Waals surface area contributed by atoms with Crippen LogP contribution >= 0.6 is 0 Å². The zero-order valence-electron chi connectivity index (χ0n) is 18.3. The Labute approximate surface area is 191 Å². The van der Waals surface area contributed by atoms with Crippen LogP contribution in [0.3, 0.4) is 0 Å². The Morgan fingerprint density at radius 2 is 2.06 bits per heavy atom. The predicted molar refractivity (Wildman–Crippen MR) is 119 cm³/mol. The molecule has 2 atom stereocenters. The molecule has 0 unspecified atom stereocenters. The third-order valence-corrected chi connectivity index (χ3v) is 7.22. The highest BCUT2D eigenvalue weighted by Crippen LogP contribution is 2.48. The number of anilines is 1. The quantitative estimate of drug-likeness (QED) is 0.613. The number of nitriles is 1. The highest BCUT2D eigenvalue weighted by Gasteiger charge is 2.58. The highest BCUT2D eigenvalue weighted by atomic mass is 16.6. The first-order valence-corrected chi connectivity index (χ1v) is 11.3. The molecule has 3 aromatic rings. The Kier molecular flexibility index (Phi) is 4.52. The van der Waals surface area contributed by atoms with Gasteiger partial charge in [-0.1, -0.05) is 12.1 Å². The van der Waals surface area contributed by atoms with Gasteiger partial charge < -0.3 is 19.3 Å². The van der Waals surface area contributed by atoms with Crippen molar-refractivity contribution >= 4 is 17.4 Å². The van der Waals surface area contributed by atoms with E-state index >= 15 is 0 Å². The molecule has 0 bridgehead atoms. The first kappa shape index (κ1) is 20.0. The monoisotopic (exact) mass is 444 g/mol. The Bertz CT molecular complexity index is 1270. The summed E-state index contributed by atoms with van der Waals surface area (Å²) < 4.78 is 13.6. The van der Waals surface area contributed by atoms with Crippen molar-refractivity contribution in [1.29, 1.82) is 5.26 Å². The second kappa shape index (κ2) is 7.46. The molecule has 2 aromatic heterocycles. The van der Waals surface area contributed by atoms with Crippen molar-refractivity contribution < 1.29 is 14.3 Å². The minimum absolute atomic E-state index is 0.0169. The molecule has 5 heterocycles. The maximum Gasteiger partial charge on any atom is 0.257 e. The van der Waals surface area contributed by atoms with E-state index in [2.05, 4.69) is 27.1 Å². The molecule has 0 N–H and O–H groups in total. The number of methoxy groups -OCH3 is 1. The summed E-state index contributed by atoms with van der Waals surface area (Å²) in [6.45, 7) is 1.33. The fourth-order valence-electron chi connectivity index (χ4n) is 5.54. The van der Waals surface area contributed by atoms with Crippen LogP contribution < -0.4 is 9.64 Å². The molecule has 3 aliphatic heterocycles. The molecule has 9 heteroatoms. The third kappa shape index (κ3) is 2.98. The van der Waals surface area contributed by atoms with Gasteiger partial charge >= 0.3 is 0 Å². The molecule has 3 fully saturated rings. The lowest BCUT2D eigenvalue weighted by Gasteiger charge is -2.38. The molecule has 33 heavy (non-hydrogen) atoms. The molecule has 3 aliphatic rings. The van der Waals surface area contributed by atoms with E-state index < -0.39 is 5.60 Å². The Morgan fingerprint density at radius 3 is 2.85 bits per heavy atom. The van der Waals surface area contributed by atoms with Gasteiger partial charge in [0.15, 0.2) is 11.2 Å². The van der Waals surface area contributed by atoms with Crippen molar-refractivity contribution in [1.82, 2.24) is 19.5 Å². The molecule has 0 radical (unpaired) electrons. The lowest BCUT2D eigenvalue weighted by atomic mass is 9.89.